The molecule has 0 amide bonds. The lowest BCUT2D eigenvalue weighted by atomic mass is 9.84. The van der Waals surface area contributed by atoms with E-state index in [4.69, 9.17) is 0 Å². The van der Waals surface area contributed by atoms with Gasteiger partial charge in [-0.15, -0.1) is 0 Å². The molecule has 0 aromatic heterocycles. The van der Waals surface area contributed by atoms with Crippen LogP contribution in [0.3, 0.4) is 0 Å². The minimum absolute atomic E-state index is 1.19. The van der Waals surface area contributed by atoms with Crippen molar-refractivity contribution in [2.24, 2.45) is 0 Å². The maximum absolute atomic E-state index is 2.98. The van der Waals surface area contributed by atoms with Crippen LogP contribution < -0.4 is 41.5 Å². The molecule has 0 spiro atoms. The summed E-state index contributed by atoms with van der Waals surface area (Å²) in [6.45, 7) is 0. The Morgan fingerprint density at radius 2 is 0.538 bits per heavy atom. The highest BCUT2D eigenvalue weighted by molar-refractivity contribution is 7.20. The molecule has 0 unspecified atom stereocenters. The maximum Gasteiger partial charge on any atom is 0.179 e. The molecule has 0 aliphatic heterocycles. The Morgan fingerprint density at radius 1 is 0.167 bits per heavy atom. The summed E-state index contributed by atoms with van der Waals surface area (Å²) in [5.74, 6) is 0. The first-order chi connectivity index (χ1) is 38.7. The fraction of sp³-hybridized carbons (Fsp3) is 0. The predicted molar refractivity (Wildman–Crippen MR) is 340 cm³/mol. The van der Waals surface area contributed by atoms with Crippen LogP contribution in [0.15, 0.2) is 328 Å². The summed E-state index contributed by atoms with van der Waals surface area (Å²) in [6, 6.07) is 124. The van der Waals surface area contributed by atoms with Crippen LogP contribution in [0.1, 0.15) is 0 Å². The third kappa shape index (κ3) is 7.79. The van der Waals surface area contributed by atoms with Gasteiger partial charge in [-0.1, -0.05) is 315 Å². The van der Waals surface area contributed by atoms with Gasteiger partial charge in [-0.2, -0.15) is 0 Å². The molecule has 0 bridgehead atoms. The molecule has 0 aliphatic rings. The van der Waals surface area contributed by atoms with Gasteiger partial charge in [0.2, 0.25) is 0 Å². The van der Waals surface area contributed by atoms with Gasteiger partial charge in [0, 0.05) is 0 Å². The summed E-state index contributed by atoms with van der Waals surface area (Å²) in [6.07, 6.45) is 0. The van der Waals surface area contributed by atoms with Crippen molar-refractivity contribution in [3.05, 3.63) is 328 Å². The van der Waals surface area contributed by atoms with Crippen LogP contribution in [0.5, 0.6) is 0 Å². The molecular weight excluding hydrogens is 969 g/mol. The molecule has 0 atom stereocenters. The van der Waals surface area contributed by atoms with E-state index in [0.717, 1.165) is 0 Å². The summed E-state index contributed by atoms with van der Waals surface area (Å²) in [4.78, 5) is 0. The molecule has 0 heterocycles. The van der Waals surface area contributed by atoms with Gasteiger partial charge in [0.25, 0.3) is 0 Å². The summed E-state index contributed by atoms with van der Waals surface area (Å²) in [7, 11) is -5.95. The van der Waals surface area contributed by atoms with Crippen molar-refractivity contribution in [3.8, 4) is 33.4 Å². The molecule has 0 radical (unpaired) electrons. The molecule has 0 fully saturated rings. The van der Waals surface area contributed by atoms with Crippen molar-refractivity contribution < 1.29 is 0 Å². The lowest BCUT2D eigenvalue weighted by Crippen LogP contribution is -2.74. The molecule has 78 heavy (non-hydrogen) atoms. The van der Waals surface area contributed by atoms with Crippen LogP contribution in [0.25, 0.3) is 76.5 Å². The fourth-order valence-corrected chi connectivity index (χ4v) is 22.6. The normalized spacial score (nSPS) is 11.8. The highest BCUT2D eigenvalue weighted by Crippen LogP contribution is 2.46. The van der Waals surface area contributed by atoms with Gasteiger partial charge in [-0.05, 0) is 130 Å². The Hall–Kier alpha value is -9.45. The summed E-state index contributed by atoms with van der Waals surface area (Å²) < 4.78 is 0. The Morgan fingerprint density at radius 3 is 1.04 bits per heavy atom. The molecule has 14 aromatic rings. The molecule has 2 heteroatoms. The summed E-state index contributed by atoms with van der Waals surface area (Å²) in [5.41, 5.74) is 7.30. The number of hydrogen-bond acceptors (Lipinski definition) is 0. The smallest absolute Gasteiger partial charge is 0.0623 e. The Kier molecular flexibility index (Phi) is 12.0. The Bertz CT molecular complexity index is 4260. The maximum atomic E-state index is 2.62. The van der Waals surface area contributed by atoms with Crippen LogP contribution in [-0.4, -0.2) is 16.1 Å². The van der Waals surface area contributed by atoms with Crippen LogP contribution in [0.2, 0.25) is 0 Å². The van der Waals surface area contributed by atoms with Crippen LogP contribution in [-0.2, 0) is 0 Å². The average molecular weight is 1020 g/mol. The average Bonchev–Trinajstić information content (AvgIpc) is 3.49. The van der Waals surface area contributed by atoms with Crippen molar-refractivity contribution in [2.45, 2.75) is 0 Å². The van der Waals surface area contributed by atoms with E-state index in [1.807, 2.05) is 0 Å². The highest BCUT2D eigenvalue weighted by Gasteiger charge is 2.43. The van der Waals surface area contributed by atoms with Gasteiger partial charge in [0.15, 0.2) is 16.1 Å². The van der Waals surface area contributed by atoms with Crippen LogP contribution in [0, 0.1) is 0 Å². The van der Waals surface area contributed by atoms with Gasteiger partial charge >= 0.3 is 0 Å². The zero-order valence-electron chi connectivity index (χ0n) is 43.2. The first-order valence-electron chi connectivity index (χ1n) is 27.1. The van der Waals surface area contributed by atoms with E-state index in [0.29, 0.717) is 0 Å². The molecule has 0 N–H and O–H groups in total. The Balaban J connectivity index is 1.16. The topological polar surface area (TPSA) is 0 Å². The van der Waals surface area contributed by atoms with Gasteiger partial charge in [-0.25, -0.2) is 0 Å². The van der Waals surface area contributed by atoms with E-state index in [1.165, 1.54) is 118 Å². The third-order valence-electron chi connectivity index (χ3n) is 16.5. The van der Waals surface area contributed by atoms with Crippen molar-refractivity contribution in [2.75, 3.05) is 0 Å². The standard InChI is InChI=1S/C76H54Si2/c1-7-31-61(32-8-1)77(62-33-9-2-10-34-62,63-35-11-3-12-36-63)67-48-50-72-73(53-67)75(60-30-23-29-58(52-60)59-46-45-55-25-19-20-27-57(55)51-59)71-49-47-68(54-74(71)76(72)70-44-24-28-56-26-21-22-43-69(56)70)78(64-37-13-4-14-38-64,65-39-15-5-16-40-65)66-41-17-6-18-42-66/h1-54H. The van der Waals surface area contributed by atoms with E-state index >= 15 is 0 Å². The Labute approximate surface area is 458 Å². The summed E-state index contributed by atoms with van der Waals surface area (Å²) in [5, 5.41) is 20.7. The minimum atomic E-state index is -2.98. The van der Waals surface area contributed by atoms with Gasteiger partial charge in [-0.3, -0.25) is 0 Å². The molecule has 0 aliphatic carbocycles. The molecule has 366 valence electrons. The quantitative estimate of drug-likeness (QED) is 0.0688. The first-order valence-corrected chi connectivity index (χ1v) is 31.1. The van der Waals surface area contributed by atoms with Crippen molar-refractivity contribution >= 4 is 101 Å². The molecule has 0 saturated heterocycles. The largest absolute Gasteiger partial charge is 0.179 e. The van der Waals surface area contributed by atoms with Crippen LogP contribution >= 0.6 is 0 Å². The zero-order valence-corrected chi connectivity index (χ0v) is 45.2. The predicted octanol–water partition coefficient (Wildman–Crippen LogP) is 14.1. The number of benzene rings is 14. The minimum Gasteiger partial charge on any atom is -0.0623 e. The van der Waals surface area contributed by atoms with E-state index in [2.05, 4.69) is 328 Å². The van der Waals surface area contributed by atoms with Gasteiger partial charge in [0.1, 0.15) is 0 Å². The van der Waals surface area contributed by atoms with Gasteiger partial charge < -0.3 is 0 Å². The van der Waals surface area contributed by atoms with E-state index in [9.17, 15) is 0 Å². The van der Waals surface area contributed by atoms with E-state index in [-0.39, 0.29) is 0 Å². The molecule has 14 aromatic carbocycles. The number of fused-ring (bicyclic) bond motifs is 4. The lowest BCUT2D eigenvalue weighted by molar-refractivity contribution is 1.63. The molecule has 0 saturated carbocycles. The van der Waals surface area contributed by atoms with Gasteiger partial charge in [0.05, 0.1) is 0 Å². The van der Waals surface area contributed by atoms with Crippen molar-refractivity contribution in [3.63, 3.8) is 0 Å². The molecule has 0 nitrogen and oxygen atoms in total. The lowest BCUT2D eigenvalue weighted by Gasteiger charge is -2.35. The highest BCUT2D eigenvalue weighted by atomic mass is 28.3. The zero-order chi connectivity index (χ0) is 51.9. The SMILES string of the molecule is c1ccc([Si](c2ccccc2)(c2ccccc2)c2ccc3c(-c4cccc5ccccc45)c4cc([Si](c5ccccc5)(c5ccccc5)c5ccccc5)ccc4c(-c4cccc(-c5ccc6ccccc6c5)c4)c3c2)cc1. The van der Waals surface area contributed by atoms with E-state index < -0.39 is 16.1 Å². The monoisotopic (exact) mass is 1020 g/mol. The second-order valence-corrected chi connectivity index (χ2v) is 28.3. The molecular formula is C76H54Si2. The van der Waals surface area contributed by atoms with Crippen LogP contribution in [0.4, 0.5) is 0 Å². The fourth-order valence-electron chi connectivity index (χ4n) is 13.1. The van der Waals surface area contributed by atoms with Crippen molar-refractivity contribution in [1.29, 1.82) is 0 Å². The first kappa shape index (κ1) is 47.0. The second-order valence-electron chi connectivity index (χ2n) is 20.6. The second kappa shape index (κ2) is 19.9. The molecule has 14 rings (SSSR count). The number of hydrogen-bond donors (Lipinski definition) is 0. The van der Waals surface area contributed by atoms with Crippen molar-refractivity contribution in [1.82, 2.24) is 0 Å². The number of rotatable bonds is 11. The third-order valence-corrected chi connectivity index (χ3v) is 26.1. The summed E-state index contributed by atoms with van der Waals surface area (Å²) >= 11 is 0. The van der Waals surface area contributed by atoms with E-state index in [1.54, 1.807) is 0 Å².